The summed E-state index contributed by atoms with van der Waals surface area (Å²) in [5.74, 6) is 0.304. The Morgan fingerprint density at radius 2 is 2.12 bits per heavy atom. The molecule has 2 heterocycles. The van der Waals surface area contributed by atoms with Crippen molar-refractivity contribution in [2.75, 3.05) is 13.1 Å². The van der Waals surface area contributed by atoms with Crippen LogP contribution in [0, 0.1) is 6.92 Å². The Morgan fingerprint density at radius 1 is 1.38 bits per heavy atom. The molecule has 0 spiro atoms. The predicted octanol–water partition coefficient (Wildman–Crippen LogP) is 1.88. The molecule has 1 saturated heterocycles. The molecule has 1 atom stereocenters. The van der Waals surface area contributed by atoms with E-state index >= 15 is 0 Å². The molecule has 3 nitrogen and oxygen atoms in total. The average molecular weight is 231 g/mol. The van der Waals surface area contributed by atoms with Gasteiger partial charge in [-0.1, -0.05) is 0 Å². The van der Waals surface area contributed by atoms with Crippen molar-refractivity contribution in [3.05, 3.63) is 23.3 Å². The Morgan fingerprint density at radius 3 is 2.69 bits per heavy atom. The fourth-order valence-electron chi connectivity index (χ4n) is 1.79. The molecule has 0 unspecified atom stereocenters. The highest BCUT2D eigenvalue weighted by Gasteiger charge is 2.34. The van der Waals surface area contributed by atoms with Crippen LogP contribution >= 0.6 is 0 Å². The standard InChI is InChI=1S/C10H12F3N3/c1-6-4-8(10(11,12)13)16-9(15-6)7-2-3-14-5-7/h4,7,14H,2-3,5H2,1H3/t7-/m1/s1. The Kier molecular flexibility index (Phi) is 2.84. The molecule has 1 aromatic heterocycles. The van der Waals surface area contributed by atoms with Crippen LogP contribution in [0.15, 0.2) is 6.07 Å². The van der Waals surface area contributed by atoms with Crippen molar-refractivity contribution in [2.24, 2.45) is 0 Å². The molecular formula is C10H12F3N3. The van der Waals surface area contributed by atoms with Crippen LogP contribution in [0.5, 0.6) is 0 Å². The van der Waals surface area contributed by atoms with E-state index in [1.54, 1.807) is 6.92 Å². The second-order valence-electron chi connectivity index (χ2n) is 3.94. The highest BCUT2D eigenvalue weighted by molar-refractivity contribution is 5.15. The third kappa shape index (κ3) is 2.32. The van der Waals surface area contributed by atoms with E-state index in [4.69, 9.17) is 0 Å². The van der Waals surface area contributed by atoms with Crippen LogP contribution in [0.4, 0.5) is 13.2 Å². The van der Waals surface area contributed by atoms with Crippen molar-refractivity contribution in [1.29, 1.82) is 0 Å². The van der Waals surface area contributed by atoms with Gasteiger partial charge in [-0.05, 0) is 26.0 Å². The third-order valence-corrected chi connectivity index (χ3v) is 2.59. The second-order valence-corrected chi connectivity index (χ2v) is 3.94. The van der Waals surface area contributed by atoms with Crippen LogP contribution < -0.4 is 5.32 Å². The van der Waals surface area contributed by atoms with E-state index < -0.39 is 11.9 Å². The predicted molar refractivity (Wildman–Crippen MR) is 52.0 cm³/mol. The third-order valence-electron chi connectivity index (χ3n) is 2.59. The van der Waals surface area contributed by atoms with Gasteiger partial charge in [0, 0.05) is 18.2 Å². The summed E-state index contributed by atoms with van der Waals surface area (Å²) in [7, 11) is 0. The van der Waals surface area contributed by atoms with Gasteiger partial charge in [-0.25, -0.2) is 9.97 Å². The molecule has 0 aromatic carbocycles. The zero-order valence-electron chi connectivity index (χ0n) is 8.80. The van der Waals surface area contributed by atoms with Crippen molar-refractivity contribution in [3.8, 4) is 0 Å². The summed E-state index contributed by atoms with van der Waals surface area (Å²) in [5.41, 5.74) is -0.480. The van der Waals surface area contributed by atoms with Gasteiger partial charge in [-0.2, -0.15) is 13.2 Å². The summed E-state index contributed by atoms with van der Waals surface area (Å²) in [4.78, 5) is 7.69. The van der Waals surface area contributed by atoms with Gasteiger partial charge in [-0.15, -0.1) is 0 Å². The molecule has 88 valence electrons. The first kappa shape index (κ1) is 11.3. The van der Waals surface area contributed by atoms with Crippen molar-refractivity contribution < 1.29 is 13.2 Å². The maximum atomic E-state index is 12.5. The number of hydrogen-bond donors (Lipinski definition) is 1. The van der Waals surface area contributed by atoms with Crippen LogP contribution in [0.25, 0.3) is 0 Å². The van der Waals surface area contributed by atoms with Gasteiger partial charge in [-0.3, -0.25) is 0 Å². The first-order chi connectivity index (χ1) is 7.47. The Bertz CT molecular complexity index is 383. The quantitative estimate of drug-likeness (QED) is 0.801. The number of hydrogen-bond acceptors (Lipinski definition) is 3. The van der Waals surface area contributed by atoms with Crippen LogP contribution in [-0.2, 0) is 6.18 Å². The topological polar surface area (TPSA) is 37.8 Å². The van der Waals surface area contributed by atoms with Gasteiger partial charge in [0.15, 0.2) is 0 Å². The fourth-order valence-corrected chi connectivity index (χ4v) is 1.79. The van der Waals surface area contributed by atoms with Crippen LogP contribution in [0.3, 0.4) is 0 Å². The molecule has 2 rings (SSSR count). The SMILES string of the molecule is Cc1cc(C(F)(F)F)nc([C@@H]2CCNC2)n1. The minimum Gasteiger partial charge on any atom is -0.316 e. The highest BCUT2D eigenvalue weighted by atomic mass is 19.4. The lowest BCUT2D eigenvalue weighted by Gasteiger charge is -2.11. The first-order valence-electron chi connectivity index (χ1n) is 5.10. The molecule has 1 fully saturated rings. The van der Waals surface area contributed by atoms with Crippen LogP contribution in [-0.4, -0.2) is 23.1 Å². The van der Waals surface area contributed by atoms with Crippen molar-refractivity contribution in [3.63, 3.8) is 0 Å². The monoisotopic (exact) mass is 231 g/mol. The molecule has 1 N–H and O–H groups in total. The summed E-state index contributed by atoms with van der Waals surface area (Å²) in [5, 5.41) is 3.09. The average Bonchev–Trinajstić information content (AvgIpc) is 2.68. The number of halogens is 3. The van der Waals surface area contributed by atoms with Crippen LogP contribution in [0.1, 0.15) is 29.6 Å². The fraction of sp³-hybridized carbons (Fsp3) is 0.600. The summed E-state index contributed by atoms with van der Waals surface area (Å²) in [6, 6.07) is 0.978. The van der Waals surface area contributed by atoms with E-state index in [1.807, 2.05) is 0 Å². The zero-order valence-corrected chi connectivity index (χ0v) is 8.80. The van der Waals surface area contributed by atoms with E-state index in [0.717, 1.165) is 19.0 Å². The van der Waals surface area contributed by atoms with E-state index in [0.29, 0.717) is 18.1 Å². The molecule has 0 amide bonds. The van der Waals surface area contributed by atoms with Gasteiger partial charge in [0.25, 0.3) is 0 Å². The summed E-state index contributed by atoms with van der Waals surface area (Å²) in [6.45, 7) is 3.02. The smallest absolute Gasteiger partial charge is 0.316 e. The minimum atomic E-state index is -4.39. The van der Waals surface area contributed by atoms with Gasteiger partial charge < -0.3 is 5.32 Å². The second kappa shape index (κ2) is 4.01. The maximum absolute atomic E-state index is 12.5. The number of aryl methyl sites for hydroxylation is 1. The summed E-state index contributed by atoms with van der Waals surface area (Å²) < 4.78 is 37.6. The minimum absolute atomic E-state index is 0.000926. The zero-order chi connectivity index (χ0) is 11.8. The largest absolute Gasteiger partial charge is 0.433 e. The van der Waals surface area contributed by atoms with E-state index in [1.165, 1.54) is 0 Å². The normalized spacial score (nSPS) is 21.4. The summed E-state index contributed by atoms with van der Waals surface area (Å²) >= 11 is 0. The molecular weight excluding hydrogens is 219 g/mol. The molecule has 0 saturated carbocycles. The molecule has 6 heteroatoms. The number of alkyl halides is 3. The Labute approximate surface area is 91.1 Å². The highest BCUT2D eigenvalue weighted by Crippen LogP contribution is 2.29. The van der Waals surface area contributed by atoms with E-state index in [9.17, 15) is 13.2 Å². The molecule has 1 aliphatic rings. The first-order valence-corrected chi connectivity index (χ1v) is 5.10. The molecule has 0 aliphatic carbocycles. The molecule has 0 bridgehead atoms. The lowest BCUT2D eigenvalue weighted by Crippen LogP contribution is -2.15. The van der Waals surface area contributed by atoms with Crippen molar-refractivity contribution >= 4 is 0 Å². The van der Waals surface area contributed by atoms with Crippen LogP contribution in [0.2, 0.25) is 0 Å². The molecule has 16 heavy (non-hydrogen) atoms. The van der Waals surface area contributed by atoms with Crippen molar-refractivity contribution in [2.45, 2.75) is 25.4 Å². The van der Waals surface area contributed by atoms with Gasteiger partial charge in [0.1, 0.15) is 11.5 Å². The number of rotatable bonds is 1. The molecule has 0 radical (unpaired) electrons. The number of nitrogens with one attached hydrogen (secondary N) is 1. The summed E-state index contributed by atoms with van der Waals surface area (Å²) in [6.07, 6.45) is -3.60. The molecule has 1 aromatic rings. The lowest BCUT2D eigenvalue weighted by molar-refractivity contribution is -0.141. The van der Waals surface area contributed by atoms with Gasteiger partial charge in [0.05, 0.1) is 0 Å². The van der Waals surface area contributed by atoms with Gasteiger partial charge in [0.2, 0.25) is 0 Å². The lowest BCUT2D eigenvalue weighted by atomic mass is 10.1. The Hall–Kier alpha value is -1.17. The van der Waals surface area contributed by atoms with E-state index in [2.05, 4.69) is 15.3 Å². The van der Waals surface area contributed by atoms with Crippen molar-refractivity contribution in [1.82, 2.24) is 15.3 Å². The van der Waals surface area contributed by atoms with E-state index in [-0.39, 0.29) is 5.92 Å². The number of aromatic nitrogens is 2. The maximum Gasteiger partial charge on any atom is 0.433 e. The Balaban J connectivity index is 2.35. The molecule has 1 aliphatic heterocycles. The van der Waals surface area contributed by atoms with Gasteiger partial charge >= 0.3 is 6.18 Å². The number of nitrogens with zero attached hydrogens (tertiary/aromatic N) is 2.